The van der Waals surface area contributed by atoms with Crippen molar-refractivity contribution in [2.45, 2.75) is 51.0 Å². The molecule has 0 saturated carbocycles. The van der Waals surface area contributed by atoms with Crippen molar-refractivity contribution >= 4 is 23.4 Å². The van der Waals surface area contributed by atoms with Crippen LogP contribution in [0.1, 0.15) is 40.0 Å². The molecule has 1 unspecified atom stereocenters. The summed E-state index contributed by atoms with van der Waals surface area (Å²) in [6.07, 6.45) is 3.88. The van der Waals surface area contributed by atoms with E-state index in [-0.39, 0.29) is 0 Å². The molecule has 0 aliphatic carbocycles. The van der Waals surface area contributed by atoms with Gasteiger partial charge < -0.3 is 5.32 Å². The van der Waals surface area contributed by atoms with E-state index in [2.05, 4.69) is 38.2 Å². The van der Waals surface area contributed by atoms with E-state index >= 15 is 0 Å². The minimum atomic E-state index is 0.588. The highest BCUT2D eigenvalue weighted by atomic mass is 35.5. The monoisotopic (exact) mass is 299 g/mol. The molecule has 1 aromatic rings. The molecule has 0 aliphatic rings. The lowest BCUT2D eigenvalue weighted by molar-refractivity contribution is 0.469. The summed E-state index contributed by atoms with van der Waals surface area (Å²) in [6.45, 7) is 7.80. The molecule has 1 aromatic carbocycles. The molecule has 1 nitrogen and oxygen atoms in total. The zero-order valence-electron chi connectivity index (χ0n) is 12.3. The molecule has 0 radical (unpaired) electrons. The van der Waals surface area contributed by atoms with Crippen molar-refractivity contribution in [1.29, 1.82) is 0 Å². The molecule has 0 aliphatic heterocycles. The first-order valence-electron chi connectivity index (χ1n) is 7.24. The fourth-order valence-corrected chi connectivity index (χ4v) is 3.40. The maximum Gasteiger partial charge on any atom is 0.0541 e. The first kappa shape index (κ1) is 16.9. The fourth-order valence-electron chi connectivity index (χ4n) is 2.06. The van der Waals surface area contributed by atoms with E-state index in [0.717, 1.165) is 23.2 Å². The number of halogens is 1. The summed E-state index contributed by atoms with van der Waals surface area (Å²) in [5.41, 5.74) is 0. The summed E-state index contributed by atoms with van der Waals surface area (Å²) in [5.74, 6) is 1.90. The lowest BCUT2D eigenvalue weighted by atomic mass is 10.0. The number of rotatable bonds is 9. The van der Waals surface area contributed by atoms with Gasteiger partial charge in [-0.2, -0.15) is 0 Å². The Balaban J connectivity index is 2.38. The van der Waals surface area contributed by atoms with Gasteiger partial charge in [-0.15, -0.1) is 11.8 Å². The van der Waals surface area contributed by atoms with Crippen molar-refractivity contribution < 1.29 is 0 Å². The minimum absolute atomic E-state index is 0.588. The van der Waals surface area contributed by atoms with Crippen LogP contribution in [0.2, 0.25) is 5.02 Å². The summed E-state index contributed by atoms with van der Waals surface area (Å²) in [7, 11) is 0. The van der Waals surface area contributed by atoms with E-state index in [0.29, 0.717) is 6.04 Å². The van der Waals surface area contributed by atoms with E-state index in [9.17, 15) is 0 Å². The molecule has 1 atom stereocenters. The summed E-state index contributed by atoms with van der Waals surface area (Å²) in [4.78, 5) is 1.19. The summed E-state index contributed by atoms with van der Waals surface area (Å²) < 4.78 is 0. The van der Waals surface area contributed by atoms with Gasteiger partial charge >= 0.3 is 0 Å². The number of hydrogen-bond acceptors (Lipinski definition) is 2. The number of hydrogen-bond donors (Lipinski definition) is 1. The third kappa shape index (κ3) is 7.24. The third-order valence-electron chi connectivity index (χ3n) is 3.10. The molecule has 0 amide bonds. The number of thioether (sulfide) groups is 1. The average molecular weight is 300 g/mol. The Hall–Kier alpha value is -0.180. The molecule has 0 saturated heterocycles. The Morgan fingerprint density at radius 1 is 1.21 bits per heavy atom. The molecule has 3 heteroatoms. The number of nitrogens with one attached hydrogen (secondary N) is 1. The second kappa shape index (κ2) is 9.68. The van der Waals surface area contributed by atoms with Gasteiger partial charge in [-0.25, -0.2) is 0 Å². The van der Waals surface area contributed by atoms with Crippen LogP contribution in [0.25, 0.3) is 0 Å². The molecule has 0 aromatic heterocycles. The maximum atomic E-state index is 6.19. The summed E-state index contributed by atoms with van der Waals surface area (Å²) in [6, 6.07) is 8.69. The van der Waals surface area contributed by atoms with Crippen molar-refractivity contribution in [1.82, 2.24) is 5.32 Å². The minimum Gasteiger partial charge on any atom is -0.313 e. The van der Waals surface area contributed by atoms with Crippen molar-refractivity contribution in [3.8, 4) is 0 Å². The third-order valence-corrected chi connectivity index (χ3v) is 4.78. The molecule has 0 bridgehead atoms. The van der Waals surface area contributed by atoms with Gasteiger partial charge in [-0.1, -0.05) is 57.3 Å². The Labute approximate surface area is 127 Å². The van der Waals surface area contributed by atoms with Crippen LogP contribution in [-0.2, 0) is 0 Å². The molecule has 0 spiro atoms. The van der Waals surface area contributed by atoms with Gasteiger partial charge in [0.05, 0.1) is 5.02 Å². The SMILES string of the molecule is CCNC(CCCC(C)C)CSc1ccccc1Cl. The Morgan fingerprint density at radius 3 is 2.58 bits per heavy atom. The summed E-state index contributed by atoms with van der Waals surface area (Å²) >= 11 is 8.05. The van der Waals surface area contributed by atoms with Crippen LogP contribution >= 0.6 is 23.4 Å². The van der Waals surface area contributed by atoms with Crippen molar-refractivity contribution in [2.24, 2.45) is 5.92 Å². The Bertz CT molecular complexity index is 354. The molecule has 1 N–H and O–H groups in total. The lowest BCUT2D eigenvalue weighted by Crippen LogP contribution is -2.31. The van der Waals surface area contributed by atoms with Crippen molar-refractivity contribution in [3.05, 3.63) is 29.3 Å². The fraction of sp³-hybridized carbons (Fsp3) is 0.625. The van der Waals surface area contributed by atoms with Crippen LogP contribution in [0, 0.1) is 5.92 Å². The van der Waals surface area contributed by atoms with E-state index in [4.69, 9.17) is 11.6 Å². The van der Waals surface area contributed by atoms with Gasteiger partial charge in [0.25, 0.3) is 0 Å². The van der Waals surface area contributed by atoms with E-state index in [1.165, 1.54) is 24.2 Å². The predicted molar refractivity (Wildman–Crippen MR) is 88.3 cm³/mol. The van der Waals surface area contributed by atoms with Gasteiger partial charge in [-0.3, -0.25) is 0 Å². The standard InChI is InChI=1S/C16H26ClNS/c1-4-18-14(9-7-8-13(2)3)12-19-16-11-6-5-10-15(16)17/h5-6,10-11,13-14,18H,4,7-9,12H2,1-3H3. The van der Waals surface area contributed by atoms with Gasteiger partial charge in [-0.05, 0) is 31.0 Å². The second-order valence-corrected chi connectivity index (χ2v) is 6.79. The van der Waals surface area contributed by atoms with Crippen LogP contribution in [0.3, 0.4) is 0 Å². The zero-order valence-corrected chi connectivity index (χ0v) is 13.9. The van der Waals surface area contributed by atoms with Crippen LogP contribution in [-0.4, -0.2) is 18.3 Å². The van der Waals surface area contributed by atoms with E-state index in [1.807, 2.05) is 23.9 Å². The highest BCUT2D eigenvalue weighted by Gasteiger charge is 2.09. The maximum absolute atomic E-state index is 6.19. The second-order valence-electron chi connectivity index (χ2n) is 5.32. The predicted octanol–water partition coefficient (Wildman–Crippen LogP) is 5.24. The first-order valence-corrected chi connectivity index (χ1v) is 8.60. The van der Waals surface area contributed by atoms with E-state index < -0.39 is 0 Å². The van der Waals surface area contributed by atoms with Gasteiger partial charge in [0.2, 0.25) is 0 Å². The highest BCUT2D eigenvalue weighted by molar-refractivity contribution is 7.99. The highest BCUT2D eigenvalue weighted by Crippen LogP contribution is 2.27. The normalized spacial score (nSPS) is 12.9. The molecular weight excluding hydrogens is 274 g/mol. The molecular formula is C16H26ClNS. The summed E-state index contributed by atoms with van der Waals surface area (Å²) in [5, 5.41) is 4.45. The topological polar surface area (TPSA) is 12.0 Å². The Kier molecular flexibility index (Phi) is 8.60. The van der Waals surface area contributed by atoms with Gasteiger partial charge in [0, 0.05) is 16.7 Å². The van der Waals surface area contributed by atoms with Crippen molar-refractivity contribution in [3.63, 3.8) is 0 Å². The van der Waals surface area contributed by atoms with Crippen LogP contribution in [0.5, 0.6) is 0 Å². The smallest absolute Gasteiger partial charge is 0.0541 e. The quantitative estimate of drug-likeness (QED) is 0.626. The largest absolute Gasteiger partial charge is 0.313 e. The van der Waals surface area contributed by atoms with Crippen LogP contribution in [0.15, 0.2) is 29.2 Å². The molecule has 19 heavy (non-hydrogen) atoms. The molecule has 108 valence electrons. The zero-order chi connectivity index (χ0) is 14.1. The van der Waals surface area contributed by atoms with Crippen LogP contribution in [0.4, 0.5) is 0 Å². The number of benzene rings is 1. The van der Waals surface area contributed by atoms with Crippen LogP contribution < -0.4 is 5.32 Å². The van der Waals surface area contributed by atoms with Gasteiger partial charge in [0.15, 0.2) is 0 Å². The molecule has 0 heterocycles. The van der Waals surface area contributed by atoms with Gasteiger partial charge in [0.1, 0.15) is 0 Å². The van der Waals surface area contributed by atoms with E-state index in [1.54, 1.807) is 0 Å². The molecule has 1 rings (SSSR count). The van der Waals surface area contributed by atoms with Crippen molar-refractivity contribution in [2.75, 3.05) is 12.3 Å². The Morgan fingerprint density at radius 2 is 1.95 bits per heavy atom. The molecule has 0 fully saturated rings. The first-order chi connectivity index (χ1) is 9.13. The lowest BCUT2D eigenvalue weighted by Gasteiger charge is -2.18. The average Bonchev–Trinajstić information content (AvgIpc) is 2.37.